The van der Waals surface area contributed by atoms with Crippen molar-refractivity contribution in [2.45, 2.75) is 18.8 Å². The van der Waals surface area contributed by atoms with Gasteiger partial charge in [-0.2, -0.15) is 0 Å². The van der Waals surface area contributed by atoms with Gasteiger partial charge in [0.15, 0.2) is 0 Å². The zero-order chi connectivity index (χ0) is 17.1. The van der Waals surface area contributed by atoms with Crippen LogP contribution in [0.2, 0.25) is 0 Å². The third-order valence-corrected chi connectivity index (χ3v) is 4.20. The van der Waals surface area contributed by atoms with Crippen LogP contribution in [0.15, 0.2) is 48.5 Å². The van der Waals surface area contributed by atoms with Crippen molar-refractivity contribution in [1.29, 1.82) is 0 Å². The summed E-state index contributed by atoms with van der Waals surface area (Å²) in [5, 5.41) is 11.7. The molecule has 2 N–H and O–H groups in total. The number of ether oxygens (including phenoxy) is 1. The highest BCUT2D eigenvalue weighted by atomic mass is 16.5. The predicted octanol–water partition coefficient (Wildman–Crippen LogP) is 3.06. The number of rotatable bonds is 6. The highest BCUT2D eigenvalue weighted by Crippen LogP contribution is 2.48. The Morgan fingerprint density at radius 2 is 2.00 bits per heavy atom. The molecule has 0 radical (unpaired) electrons. The number of hydrogen-bond acceptors (Lipinski definition) is 3. The van der Waals surface area contributed by atoms with E-state index in [0.29, 0.717) is 11.3 Å². The molecule has 1 saturated carbocycles. The molecular weight excluding hydrogens is 306 g/mol. The molecule has 2 aromatic rings. The first-order valence-corrected chi connectivity index (χ1v) is 7.82. The molecule has 5 nitrogen and oxygen atoms in total. The van der Waals surface area contributed by atoms with Crippen molar-refractivity contribution in [3.8, 4) is 5.75 Å². The first-order valence-electron chi connectivity index (χ1n) is 7.82. The number of amides is 1. The Bertz CT molecular complexity index is 771. The molecule has 124 valence electrons. The Hall–Kier alpha value is -2.82. The van der Waals surface area contributed by atoms with Crippen LogP contribution in [-0.2, 0) is 16.0 Å². The van der Waals surface area contributed by atoms with E-state index in [9.17, 15) is 9.59 Å². The number of nitrogens with one attached hydrogen (secondary N) is 1. The minimum absolute atomic E-state index is 0.0321. The van der Waals surface area contributed by atoms with E-state index in [0.717, 1.165) is 17.7 Å². The SMILES string of the molecule is COc1cccc(C2CC2C(=O)Nc2cccc(CC(=O)O)c2)c1. The van der Waals surface area contributed by atoms with Gasteiger partial charge in [0, 0.05) is 11.6 Å². The van der Waals surface area contributed by atoms with Gasteiger partial charge in [0.25, 0.3) is 0 Å². The van der Waals surface area contributed by atoms with E-state index < -0.39 is 5.97 Å². The summed E-state index contributed by atoms with van der Waals surface area (Å²) < 4.78 is 5.22. The van der Waals surface area contributed by atoms with Crippen molar-refractivity contribution in [1.82, 2.24) is 0 Å². The normalized spacial score (nSPS) is 18.7. The van der Waals surface area contributed by atoms with Crippen LogP contribution in [0.4, 0.5) is 5.69 Å². The van der Waals surface area contributed by atoms with Gasteiger partial charge in [0.05, 0.1) is 13.5 Å². The van der Waals surface area contributed by atoms with Crippen LogP contribution >= 0.6 is 0 Å². The highest BCUT2D eigenvalue weighted by molar-refractivity contribution is 5.95. The fourth-order valence-electron chi connectivity index (χ4n) is 2.89. The van der Waals surface area contributed by atoms with Gasteiger partial charge >= 0.3 is 5.97 Å². The summed E-state index contributed by atoms with van der Waals surface area (Å²) in [5.41, 5.74) is 2.41. The summed E-state index contributed by atoms with van der Waals surface area (Å²) in [7, 11) is 1.63. The summed E-state index contributed by atoms with van der Waals surface area (Å²) in [5.74, 6) is 0.0246. The zero-order valence-corrected chi connectivity index (χ0v) is 13.4. The number of carboxylic acids is 1. The molecule has 0 saturated heterocycles. The molecule has 0 spiro atoms. The quantitative estimate of drug-likeness (QED) is 0.856. The monoisotopic (exact) mass is 325 g/mol. The summed E-state index contributed by atoms with van der Waals surface area (Å²) in [4.78, 5) is 23.2. The molecule has 1 aliphatic rings. The van der Waals surface area contributed by atoms with Crippen molar-refractivity contribution < 1.29 is 19.4 Å². The summed E-state index contributed by atoms with van der Waals surface area (Å²) in [6, 6.07) is 14.7. The Morgan fingerprint density at radius 3 is 2.75 bits per heavy atom. The van der Waals surface area contributed by atoms with E-state index in [1.54, 1.807) is 31.4 Å². The third kappa shape index (κ3) is 3.74. The van der Waals surface area contributed by atoms with Crippen molar-refractivity contribution in [2.75, 3.05) is 12.4 Å². The van der Waals surface area contributed by atoms with Crippen LogP contribution in [0.25, 0.3) is 0 Å². The number of methoxy groups -OCH3 is 1. The summed E-state index contributed by atoms with van der Waals surface area (Å²) in [6.45, 7) is 0. The molecule has 0 aromatic heterocycles. The van der Waals surface area contributed by atoms with Crippen LogP contribution in [-0.4, -0.2) is 24.1 Å². The lowest BCUT2D eigenvalue weighted by Crippen LogP contribution is -2.14. The number of hydrogen-bond donors (Lipinski definition) is 2. The smallest absolute Gasteiger partial charge is 0.307 e. The molecule has 0 heterocycles. The minimum Gasteiger partial charge on any atom is -0.497 e. The van der Waals surface area contributed by atoms with E-state index in [1.165, 1.54) is 0 Å². The molecule has 2 aromatic carbocycles. The number of carboxylic acid groups (broad SMARTS) is 1. The van der Waals surface area contributed by atoms with Gasteiger partial charge in [-0.3, -0.25) is 9.59 Å². The Labute approximate surface area is 140 Å². The molecule has 0 bridgehead atoms. The average Bonchev–Trinajstić information content (AvgIpc) is 3.35. The molecule has 5 heteroatoms. The molecule has 0 aliphatic heterocycles. The lowest BCUT2D eigenvalue weighted by molar-refractivity contribution is -0.136. The number of carbonyl (C=O) groups excluding carboxylic acids is 1. The van der Waals surface area contributed by atoms with Crippen molar-refractivity contribution in [3.63, 3.8) is 0 Å². The van der Waals surface area contributed by atoms with Gasteiger partial charge < -0.3 is 15.2 Å². The van der Waals surface area contributed by atoms with Crippen LogP contribution in [0.5, 0.6) is 5.75 Å². The van der Waals surface area contributed by atoms with E-state index >= 15 is 0 Å². The second-order valence-electron chi connectivity index (χ2n) is 5.99. The van der Waals surface area contributed by atoms with E-state index in [2.05, 4.69) is 5.32 Å². The zero-order valence-electron chi connectivity index (χ0n) is 13.4. The second kappa shape index (κ2) is 6.74. The summed E-state index contributed by atoms with van der Waals surface area (Å²) >= 11 is 0. The largest absolute Gasteiger partial charge is 0.497 e. The van der Waals surface area contributed by atoms with Crippen LogP contribution in [0.3, 0.4) is 0 Å². The Kier molecular flexibility index (Phi) is 4.51. The molecule has 3 rings (SSSR count). The number of aliphatic carboxylic acids is 1. The van der Waals surface area contributed by atoms with Crippen molar-refractivity contribution in [2.24, 2.45) is 5.92 Å². The first kappa shape index (κ1) is 16.1. The van der Waals surface area contributed by atoms with E-state index in [4.69, 9.17) is 9.84 Å². The van der Waals surface area contributed by atoms with E-state index in [-0.39, 0.29) is 24.2 Å². The first-order chi connectivity index (χ1) is 11.6. The lowest BCUT2D eigenvalue weighted by Gasteiger charge is -2.07. The molecule has 1 amide bonds. The van der Waals surface area contributed by atoms with Gasteiger partial charge in [0.1, 0.15) is 5.75 Å². The number of carbonyl (C=O) groups is 2. The molecular formula is C19H19NO4. The maximum Gasteiger partial charge on any atom is 0.307 e. The van der Waals surface area contributed by atoms with Gasteiger partial charge in [-0.25, -0.2) is 0 Å². The van der Waals surface area contributed by atoms with Crippen molar-refractivity contribution >= 4 is 17.6 Å². The number of benzene rings is 2. The summed E-state index contributed by atoms with van der Waals surface area (Å²) in [6.07, 6.45) is 0.757. The Morgan fingerprint density at radius 1 is 1.21 bits per heavy atom. The maximum absolute atomic E-state index is 12.4. The topological polar surface area (TPSA) is 75.6 Å². The van der Waals surface area contributed by atoms with Crippen LogP contribution < -0.4 is 10.1 Å². The van der Waals surface area contributed by atoms with Gasteiger partial charge in [0.2, 0.25) is 5.91 Å². The Balaban J connectivity index is 1.63. The third-order valence-electron chi connectivity index (χ3n) is 4.20. The number of anilines is 1. The van der Waals surface area contributed by atoms with Crippen LogP contribution in [0, 0.1) is 5.92 Å². The maximum atomic E-state index is 12.4. The molecule has 1 aliphatic carbocycles. The minimum atomic E-state index is -0.890. The standard InChI is InChI=1S/C19H19NO4/c1-24-15-7-3-5-13(10-15)16-11-17(16)19(23)20-14-6-2-4-12(8-14)9-18(21)22/h2-8,10,16-17H,9,11H2,1H3,(H,20,23)(H,21,22). The fourth-order valence-corrected chi connectivity index (χ4v) is 2.89. The van der Waals surface area contributed by atoms with E-state index in [1.807, 2.05) is 24.3 Å². The second-order valence-corrected chi connectivity index (χ2v) is 5.99. The average molecular weight is 325 g/mol. The van der Waals surface area contributed by atoms with Gasteiger partial charge in [-0.15, -0.1) is 0 Å². The van der Waals surface area contributed by atoms with Gasteiger partial charge in [-0.05, 0) is 47.7 Å². The molecule has 1 fully saturated rings. The fraction of sp³-hybridized carbons (Fsp3) is 0.263. The molecule has 2 atom stereocenters. The molecule has 24 heavy (non-hydrogen) atoms. The highest BCUT2D eigenvalue weighted by Gasteiger charge is 2.44. The lowest BCUT2D eigenvalue weighted by atomic mass is 10.1. The molecule has 2 unspecified atom stereocenters. The van der Waals surface area contributed by atoms with Crippen LogP contribution in [0.1, 0.15) is 23.5 Å². The van der Waals surface area contributed by atoms with Crippen molar-refractivity contribution in [3.05, 3.63) is 59.7 Å². The predicted molar refractivity (Wildman–Crippen MR) is 90.3 cm³/mol. The van der Waals surface area contributed by atoms with Gasteiger partial charge in [-0.1, -0.05) is 24.3 Å².